The number of methoxy groups -OCH3 is 1. The molecule has 0 unspecified atom stereocenters. The maximum atomic E-state index is 10.5. The number of carbonyl (C=O) groups is 1. The van der Waals surface area contributed by atoms with Crippen LogP contribution >= 0.6 is 11.6 Å². The van der Waals surface area contributed by atoms with E-state index in [-0.39, 0.29) is 5.15 Å². The number of nitrogens with zero attached hydrogens (tertiary/aromatic N) is 1. The molecule has 1 rings (SSSR count). The van der Waals surface area contributed by atoms with Crippen molar-refractivity contribution in [2.45, 2.75) is 0 Å². The minimum atomic E-state index is -0.686. The SMILES string of the molecule is COc1ccc(NC(N)=O)c(Cl)n1. The molecule has 0 fully saturated rings. The lowest BCUT2D eigenvalue weighted by molar-refractivity contribution is 0.259. The number of anilines is 1. The van der Waals surface area contributed by atoms with Gasteiger partial charge in [0, 0.05) is 6.07 Å². The van der Waals surface area contributed by atoms with E-state index in [1.54, 1.807) is 12.1 Å². The second-order valence-electron chi connectivity index (χ2n) is 2.18. The molecule has 2 amide bonds. The van der Waals surface area contributed by atoms with Gasteiger partial charge in [0.25, 0.3) is 0 Å². The zero-order valence-corrected chi connectivity index (χ0v) is 7.63. The van der Waals surface area contributed by atoms with Crippen LogP contribution in [0.15, 0.2) is 12.1 Å². The van der Waals surface area contributed by atoms with E-state index < -0.39 is 6.03 Å². The van der Waals surface area contributed by atoms with Gasteiger partial charge >= 0.3 is 6.03 Å². The summed E-state index contributed by atoms with van der Waals surface area (Å²) in [6.07, 6.45) is 0. The molecule has 0 aliphatic rings. The molecule has 6 heteroatoms. The highest BCUT2D eigenvalue weighted by atomic mass is 35.5. The Morgan fingerprint density at radius 3 is 2.85 bits per heavy atom. The van der Waals surface area contributed by atoms with Crippen LogP contribution in [0.25, 0.3) is 0 Å². The number of hydrogen-bond acceptors (Lipinski definition) is 3. The van der Waals surface area contributed by atoms with E-state index in [2.05, 4.69) is 10.3 Å². The van der Waals surface area contributed by atoms with Gasteiger partial charge in [-0.15, -0.1) is 0 Å². The van der Waals surface area contributed by atoms with Crippen molar-refractivity contribution in [3.8, 4) is 5.88 Å². The zero-order valence-electron chi connectivity index (χ0n) is 6.87. The van der Waals surface area contributed by atoms with E-state index in [1.165, 1.54) is 7.11 Å². The van der Waals surface area contributed by atoms with Crippen molar-refractivity contribution in [3.05, 3.63) is 17.3 Å². The van der Waals surface area contributed by atoms with E-state index in [9.17, 15) is 4.79 Å². The van der Waals surface area contributed by atoms with Crippen LogP contribution in [0.1, 0.15) is 0 Å². The predicted octanol–water partition coefficient (Wildman–Crippen LogP) is 1.23. The highest BCUT2D eigenvalue weighted by molar-refractivity contribution is 6.32. The zero-order chi connectivity index (χ0) is 9.84. The first-order valence-electron chi connectivity index (χ1n) is 3.40. The molecule has 0 bridgehead atoms. The van der Waals surface area contributed by atoms with Crippen molar-refractivity contribution >= 4 is 23.3 Å². The van der Waals surface area contributed by atoms with Crippen molar-refractivity contribution in [2.75, 3.05) is 12.4 Å². The summed E-state index contributed by atoms with van der Waals surface area (Å²) in [7, 11) is 1.47. The Morgan fingerprint density at radius 1 is 1.69 bits per heavy atom. The molecule has 0 spiro atoms. The van der Waals surface area contributed by atoms with Crippen molar-refractivity contribution in [3.63, 3.8) is 0 Å². The summed E-state index contributed by atoms with van der Waals surface area (Å²) in [4.78, 5) is 14.3. The number of carbonyl (C=O) groups excluding carboxylic acids is 1. The summed E-state index contributed by atoms with van der Waals surface area (Å²) in [5.41, 5.74) is 5.25. The number of rotatable bonds is 2. The number of primary amides is 1. The smallest absolute Gasteiger partial charge is 0.316 e. The molecule has 0 saturated carbocycles. The lowest BCUT2D eigenvalue weighted by Gasteiger charge is -2.04. The maximum Gasteiger partial charge on any atom is 0.316 e. The summed E-state index contributed by atoms with van der Waals surface area (Å²) < 4.78 is 4.82. The Hall–Kier alpha value is -1.49. The molecule has 0 atom stereocenters. The first-order chi connectivity index (χ1) is 6.13. The second kappa shape index (κ2) is 3.95. The van der Waals surface area contributed by atoms with Gasteiger partial charge in [-0.2, -0.15) is 4.98 Å². The normalized spacial score (nSPS) is 9.38. The van der Waals surface area contributed by atoms with Crippen LogP contribution in [-0.2, 0) is 0 Å². The Balaban J connectivity index is 2.91. The van der Waals surface area contributed by atoms with Crippen LogP contribution in [0.3, 0.4) is 0 Å². The fourth-order valence-corrected chi connectivity index (χ4v) is 0.951. The Morgan fingerprint density at radius 2 is 2.38 bits per heavy atom. The number of aromatic nitrogens is 1. The molecule has 0 aliphatic heterocycles. The average molecular weight is 202 g/mol. The van der Waals surface area contributed by atoms with Crippen molar-refractivity contribution in [2.24, 2.45) is 5.73 Å². The van der Waals surface area contributed by atoms with Crippen LogP contribution in [0.5, 0.6) is 5.88 Å². The van der Waals surface area contributed by atoms with E-state index in [0.29, 0.717) is 11.6 Å². The predicted molar refractivity (Wildman–Crippen MR) is 49.0 cm³/mol. The minimum Gasteiger partial charge on any atom is -0.481 e. The Bertz CT molecular complexity index is 330. The Labute approximate surface area is 79.8 Å². The summed E-state index contributed by atoms with van der Waals surface area (Å²) in [5, 5.41) is 2.45. The third kappa shape index (κ3) is 2.48. The molecule has 0 aromatic carbocycles. The van der Waals surface area contributed by atoms with Crippen molar-refractivity contribution < 1.29 is 9.53 Å². The fourth-order valence-electron chi connectivity index (χ4n) is 0.757. The number of nitrogens with one attached hydrogen (secondary N) is 1. The largest absolute Gasteiger partial charge is 0.481 e. The van der Waals surface area contributed by atoms with Crippen molar-refractivity contribution in [1.29, 1.82) is 0 Å². The van der Waals surface area contributed by atoms with E-state index in [4.69, 9.17) is 22.1 Å². The van der Waals surface area contributed by atoms with Crippen LogP contribution in [-0.4, -0.2) is 18.1 Å². The number of pyridine rings is 1. The number of nitrogens with two attached hydrogens (primary N) is 1. The lowest BCUT2D eigenvalue weighted by atomic mass is 10.4. The number of halogens is 1. The number of hydrogen-bond donors (Lipinski definition) is 2. The van der Waals surface area contributed by atoms with Gasteiger partial charge in [0.15, 0.2) is 5.15 Å². The summed E-state index contributed by atoms with van der Waals surface area (Å²) >= 11 is 5.69. The van der Waals surface area contributed by atoms with Crippen LogP contribution in [0.2, 0.25) is 5.15 Å². The number of ether oxygens (including phenoxy) is 1. The molecule has 1 heterocycles. The maximum absolute atomic E-state index is 10.5. The van der Waals surface area contributed by atoms with Crippen LogP contribution in [0, 0.1) is 0 Å². The second-order valence-corrected chi connectivity index (χ2v) is 2.54. The van der Waals surface area contributed by atoms with E-state index >= 15 is 0 Å². The average Bonchev–Trinajstić information content (AvgIpc) is 2.08. The van der Waals surface area contributed by atoms with E-state index in [0.717, 1.165) is 0 Å². The summed E-state index contributed by atoms with van der Waals surface area (Å²) in [6.45, 7) is 0. The molecule has 3 N–H and O–H groups in total. The first-order valence-corrected chi connectivity index (χ1v) is 3.78. The van der Waals surface area contributed by atoms with Crippen molar-refractivity contribution in [1.82, 2.24) is 4.98 Å². The number of urea groups is 1. The fraction of sp³-hybridized carbons (Fsp3) is 0.143. The molecule has 70 valence electrons. The van der Waals surface area contributed by atoms with Gasteiger partial charge < -0.3 is 15.8 Å². The number of amides is 2. The highest BCUT2D eigenvalue weighted by Gasteiger charge is 2.04. The summed E-state index contributed by atoms with van der Waals surface area (Å²) in [6, 6.07) is 2.43. The van der Waals surface area contributed by atoms with Gasteiger partial charge in [0.2, 0.25) is 5.88 Å². The van der Waals surface area contributed by atoms with Gasteiger partial charge in [0.05, 0.1) is 12.8 Å². The van der Waals surface area contributed by atoms with Gasteiger partial charge in [-0.25, -0.2) is 4.79 Å². The molecule has 1 aromatic rings. The molecule has 0 radical (unpaired) electrons. The Kier molecular flexibility index (Phi) is 2.92. The lowest BCUT2D eigenvalue weighted by Crippen LogP contribution is -2.19. The summed E-state index contributed by atoms with van der Waals surface area (Å²) in [5.74, 6) is 0.375. The molecule has 13 heavy (non-hydrogen) atoms. The molecule has 0 saturated heterocycles. The highest BCUT2D eigenvalue weighted by Crippen LogP contribution is 2.21. The third-order valence-electron chi connectivity index (χ3n) is 1.29. The standard InChI is InChI=1S/C7H8ClN3O2/c1-13-5-3-2-4(6(8)11-5)10-7(9)12/h2-3H,1H3,(H3,9,10,12). The van der Waals surface area contributed by atoms with Gasteiger partial charge in [0.1, 0.15) is 0 Å². The molecule has 0 aliphatic carbocycles. The molecule has 5 nitrogen and oxygen atoms in total. The van der Waals surface area contributed by atoms with Gasteiger partial charge in [-0.05, 0) is 6.07 Å². The molecular formula is C7H8ClN3O2. The van der Waals surface area contributed by atoms with Gasteiger partial charge in [-0.3, -0.25) is 0 Å². The topological polar surface area (TPSA) is 77.2 Å². The van der Waals surface area contributed by atoms with Gasteiger partial charge in [-0.1, -0.05) is 11.6 Å². The monoisotopic (exact) mass is 201 g/mol. The molecule has 1 aromatic heterocycles. The van der Waals surface area contributed by atoms with E-state index in [1.807, 2.05) is 0 Å². The molecular weight excluding hydrogens is 194 g/mol. The third-order valence-corrected chi connectivity index (χ3v) is 1.58. The van der Waals surface area contributed by atoms with Crippen LogP contribution < -0.4 is 15.8 Å². The minimum absolute atomic E-state index is 0.137. The quantitative estimate of drug-likeness (QED) is 0.707. The van der Waals surface area contributed by atoms with Crippen LogP contribution in [0.4, 0.5) is 10.5 Å². The first kappa shape index (κ1) is 9.60.